The van der Waals surface area contributed by atoms with Crippen molar-refractivity contribution in [1.29, 1.82) is 0 Å². The molecule has 0 fully saturated rings. The van der Waals surface area contributed by atoms with Crippen LogP contribution in [0, 0.1) is 11.6 Å². The van der Waals surface area contributed by atoms with Gasteiger partial charge in [-0.05, 0) is 48.4 Å². The number of nitrogens with one attached hydrogen (secondary N) is 2. The number of oxazole rings is 1. The number of fused-ring (bicyclic) bond motifs is 1. The lowest BCUT2D eigenvalue weighted by Gasteiger charge is -2.15. The van der Waals surface area contributed by atoms with E-state index in [1.807, 2.05) is 6.07 Å². The summed E-state index contributed by atoms with van der Waals surface area (Å²) in [5.41, 5.74) is 1.24. The Balaban J connectivity index is 1.40. The van der Waals surface area contributed by atoms with E-state index in [1.54, 1.807) is 18.5 Å². The molecule has 0 aliphatic heterocycles. The van der Waals surface area contributed by atoms with Crippen LogP contribution < -0.4 is 10.9 Å². The molecule has 0 saturated carbocycles. The van der Waals surface area contributed by atoms with Gasteiger partial charge < -0.3 is 24.4 Å². The Morgan fingerprint density at radius 2 is 2.00 bits per heavy atom. The molecule has 1 amide bonds. The molecule has 3 N–H and O–H groups in total. The third-order valence-corrected chi connectivity index (χ3v) is 6.10. The summed E-state index contributed by atoms with van der Waals surface area (Å²) in [6, 6.07) is 8.72. The molecule has 0 aliphatic carbocycles. The average Bonchev–Trinajstić information content (AvgIpc) is 3.57. The van der Waals surface area contributed by atoms with Gasteiger partial charge in [-0.2, -0.15) is 0 Å². The van der Waals surface area contributed by atoms with Crippen molar-refractivity contribution >= 4 is 22.9 Å². The number of amides is 1. The molecule has 39 heavy (non-hydrogen) atoms. The molecule has 5 aromatic rings. The Morgan fingerprint density at radius 1 is 1.15 bits per heavy atom. The molecule has 0 unspecified atom stereocenters. The van der Waals surface area contributed by atoms with E-state index in [0.29, 0.717) is 22.5 Å². The van der Waals surface area contributed by atoms with Gasteiger partial charge in [-0.15, -0.1) is 0 Å². The highest BCUT2D eigenvalue weighted by Crippen LogP contribution is 2.29. The van der Waals surface area contributed by atoms with Gasteiger partial charge in [0.05, 0.1) is 6.54 Å². The van der Waals surface area contributed by atoms with E-state index < -0.39 is 35.1 Å². The average molecular weight is 533 g/mol. The van der Waals surface area contributed by atoms with E-state index >= 15 is 0 Å². The zero-order chi connectivity index (χ0) is 27.5. The summed E-state index contributed by atoms with van der Waals surface area (Å²) < 4.78 is 33.7. The minimum Gasteiger partial charge on any atom is -0.481 e. The van der Waals surface area contributed by atoms with Crippen LogP contribution in [0.15, 0.2) is 76.5 Å². The Morgan fingerprint density at radius 3 is 2.79 bits per heavy atom. The molecule has 198 valence electrons. The van der Waals surface area contributed by atoms with Gasteiger partial charge in [0.1, 0.15) is 29.2 Å². The lowest BCUT2D eigenvalue weighted by molar-refractivity contribution is -0.137. The van der Waals surface area contributed by atoms with E-state index in [-0.39, 0.29) is 30.8 Å². The Bertz CT molecular complexity index is 1740. The molecule has 4 aromatic heterocycles. The van der Waals surface area contributed by atoms with E-state index in [2.05, 4.69) is 20.3 Å². The van der Waals surface area contributed by atoms with Crippen molar-refractivity contribution in [3.8, 4) is 11.3 Å². The van der Waals surface area contributed by atoms with Crippen molar-refractivity contribution in [3.63, 3.8) is 0 Å². The second kappa shape index (κ2) is 10.7. The molecule has 0 radical (unpaired) electrons. The quantitative estimate of drug-likeness (QED) is 0.259. The van der Waals surface area contributed by atoms with Gasteiger partial charge in [0.15, 0.2) is 11.6 Å². The first-order valence-corrected chi connectivity index (χ1v) is 11.8. The SMILES string of the molecule is O=C(O)CC[C@@H](NC(=O)c1cccn(Cc2ccc(F)c(F)c2)c1=O)c1nc(-c2c[nH]c3ncccc23)co1. The van der Waals surface area contributed by atoms with Crippen LogP contribution in [0.4, 0.5) is 8.78 Å². The number of carboxylic acids is 1. The van der Waals surface area contributed by atoms with Crippen molar-refractivity contribution in [2.24, 2.45) is 0 Å². The van der Waals surface area contributed by atoms with Gasteiger partial charge >= 0.3 is 5.97 Å². The fourth-order valence-electron chi connectivity index (χ4n) is 4.17. The topological polar surface area (TPSA) is 143 Å². The smallest absolute Gasteiger partial charge is 0.303 e. The van der Waals surface area contributed by atoms with Crippen LogP contribution in [0.25, 0.3) is 22.3 Å². The van der Waals surface area contributed by atoms with Crippen LogP contribution in [-0.4, -0.2) is 36.5 Å². The molecule has 1 atom stereocenters. The van der Waals surface area contributed by atoms with Crippen LogP contribution in [0.3, 0.4) is 0 Å². The van der Waals surface area contributed by atoms with E-state index in [1.165, 1.54) is 35.2 Å². The molecule has 12 heteroatoms. The number of pyridine rings is 2. The van der Waals surface area contributed by atoms with Gasteiger partial charge in [-0.25, -0.2) is 18.7 Å². The normalized spacial score (nSPS) is 11.9. The minimum atomic E-state index is -1.09. The van der Waals surface area contributed by atoms with E-state index in [0.717, 1.165) is 17.5 Å². The summed E-state index contributed by atoms with van der Waals surface area (Å²) in [4.78, 5) is 49.2. The predicted molar refractivity (Wildman–Crippen MR) is 135 cm³/mol. The maximum atomic E-state index is 13.6. The summed E-state index contributed by atoms with van der Waals surface area (Å²) in [6.07, 6.45) is 5.81. The summed E-state index contributed by atoms with van der Waals surface area (Å²) in [5, 5.41) is 12.7. The van der Waals surface area contributed by atoms with Crippen LogP contribution in [-0.2, 0) is 11.3 Å². The summed E-state index contributed by atoms with van der Waals surface area (Å²) in [7, 11) is 0. The number of carboxylic acid groups (broad SMARTS) is 1. The van der Waals surface area contributed by atoms with Gasteiger partial charge in [0.25, 0.3) is 11.5 Å². The third kappa shape index (κ3) is 5.44. The fraction of sp³-hybridized carbons (Fsp3) is 0.148. The van der Waals surface area contributed by atoms with Gasteiger partial charge in [-0.3, -0.25) is 14.4 Å². The maximum absolute atomic E-state index is 13.6. The number of halogens is 2. The molecule has 1 aromatic carbocycles. The van der Waals surface area contributed by atoms with Crippen molar-refractivity contribution < 1.29 is 27.9 Å². The summed E-state index contributed by atoms with van der Waals surface area (Å²) >= 11 is 0. The molecular weight excluding hydrogens is 512 g/mol. The van der Waals surface area contributed by atoms with Crippen molar-refractivity contribution in [2.75, 3.05) is 0 Å². The molecule has 0 bridgehead atoms. The molecule has 0 saturated heterocycles. The largest absolute Gasteiger partial charge is 0.481 e. The van der Waals surface area contributed by atoms with E-state index in [9.17, 15) is 28.3 Å². The van der Waals surface area contributed by atoms with Crippen LogP contribution in [0.5, 0.6) is 0 Å². The van der Waals surface area contributed by atoms with Crippen molar-refractivity contribution in [1.82, 2.24) is 24.8 Å². The Labute approximate surface area is 219 Å². The first-order valence-electron chi connectivity index (χ1n) is 11.8. The number of benzene rings is 1. The lowest BCUT2D eigenvalue weighted by atomic mass is 10.1. The Hall–Kier alpha value is -5.13. The number of rotatable bonds is 9. The number of H-pyrrole nitrogens is 1. The fourth-order valence-corrected chi connectivity index (χ4v) is 4.17. The molecule has 4 heterocycles. The number of aromatic amines is 1. The van der Waals surface area contributed by atoms with Crippen LogP contribution in [0.2, 0.25) is 0 Å². The molecule has 5 rings (SSSR count). The lowest BCUT2D eigenvalue weighted by Crippen LogP contribution is -2.35. The second-order valence-corrected chi connectivity index (χ2v) is 8.73. The highest BCUT2D eigenvalue weighted by molar-refractivity contribution is 5.94. The van der Waals surface area contributed by atoms with E-state index in [4.69, 9.17) is 4.42 Å². The number of carbonyl (C=O) groups is 2. The summed E-state index contributed by atoms with van der Waals surface area (Å²) in [6.45, 7) is -0.0951. The van der Waals surface area contributed by atoms with Crippen LogP contribution in [0.1, 0.15) is 40.7 Å². The number of carbonyl (C=O) groups excluding carboxylic acids is 1. The molecule has 10 nitrogen and oxygen atoms in total. The monoisotopic (exact) mass is 533 g/mol. The first-order chi connectivity index (χ1) is 18.8. The standard InChI is InChI=1S/C27H21F2N5O5/c28-19-6-5-15(11-20(19)29)13-34-10-2-4-17(27(34)38)25(37)32-21(7-8-23(35)36)26-33-22(14-39-26)18-12-31-24-16(18)3-1-9-30-24/h1-6,9-12,14,21H,7-8,13H2,(H,30,31)(H,32,37)(H,35,36)/t21-/m1/s1. The van der Waals surface area contributed by atoms with Gasteiger partial charge in [-0.1, -0.05) is 6.07 Å². The molecular formula is C27H21F2N5O5. The highest BCUT2D eigenvalue weighted by Gasteiger charge is 2.24. The number of hydrogen-bond acceptors (Lipinski definition) is 6. The van der Waals surface area contributed by atoms with Gasteiger partial charge in [0.2, 0.25) is 5.89 Å². The number of aromatic nitrogens is 4. The van der Waals surface area contributed by atoms with Gasteiger partial charge in [0, 0.05) is 36.0 Å². The second-order valence-electron chi connectivity index (χ2n) is 8.73. The molecule has 0 spiro atoms. The minimum absolute atomic E-state index is 0.0493. The maximum Gasteiger partial charge on any atom is 0.303 e. The summed E-state index contributed by atoms with van der Waals surface area (Å²) in [5.74, 6) is -3.85. The number of hydrogen-bond donors (Lipinski definition) is 3. The van der Waals surface area contributed by atoms with Crippen molar-refractivity contribution in [2.45, 2.75) is 25.4 Å². The first kappa shape index (κ1) is 25.5. The Kier molecular flexibility index (Phi) is 7.00. The zero-order valence-corrected chi connectivity index (χ0v) is 20.2. The van der Waals surface area contributed by atoms with Crippen molar-refractivity contribution in [3.05, 3.63) is 106 Å². The van der Waals surface area contributed by atoms with Crippen LogP contribution >= 0.6 is 0 Å². The number of nitrogens with zero attached hydrogens (tertiary/aromatic N) is 3. The zero-order valence-electron chi connectivity index (χ0n) is 20.2. The predicted octanol–water partition coefficient (Wildman–Crippen LogP) is 4.04. The molecule has 0 aliphatic rings. The number of aliphatic carboxylic acids is 1. The third-order valence-electron chi connectivity index (χ3n) is 6.10. The highest BCUT2D eigenvalue weighted by atomic mass is 19.2.